The Morgan fingerprint density at radius 3 is 3.00 bits per heavy atom. The van der Waals surface area contributed by atoms with Gasteiger partial charge in [-0.25, -0.2) is 4.98 Å². The second-order valence-corrected chi connectivity index (χ2v) is 7.46. The van der Waals surface area contributed by atoms with E-state index in [9.17, 15) is 4.79 Å². The molecule has 1 aliphatic rings. The van der Waals surface area contributed by atoms with Crippen LogP contribution in [0, 0.1) is 6.92 Å². The molecule has 106 valence electrons. The normalized spacial score (nSPS) is 19.3. The average molecular weight is 306 g/mol. The molecule has 1 aliphatic heterocycles. The van der Waals surface area contributed by atoms with Gasteiger partial charge in [-0.3, -0.25) is 4.79 Å². The molecule has 0 aliphatic carbocycles. The Kier molecular flexibility index (Phi) is 3.89. The second-order valence-electron chi connectivity index (χ2n) is 5.29. The molecule has 0 N–H and O–H groups in total. The third kappa shape index (κ3) is 2.79. The lowest BCUT2D eigenvalue weighted by Crippen LogP contribution is -2.37. The number of thiophene rings is 1. The van der Waals surface area contributed by atoms with Crippen molar-refractivity contribution < 1.29 is 4.79 Å². The van der Waals surface area contributed by atoms with Crippen LogP contribution in [0.3, 0.4) is 0 Å². The van der Waals surface area contributed by atoms with Crippen molar-refractivity contribution >= 4 is 28.6 Å². The Morgan fingerprint density at radius 2 is 2.30 bits per heavy atom. The van der Waals surface area contributed by atoms with E-state index in [-0.39, 0.29) is 5.91 Å². The van der Waals surface area contributed by atoms with Crippen LogP contribution in [0.1, 0.15) is 35.6 Å². The number of amides is 1. The summed E-state index contributed by atoms with van der Waals surface area (Å²) in [6.45, 7) is 5.50. The van der Waals surface area contributed by atoms with Crippen molar-refractivity contribution in [2.45, 2.75) is 32.6 Å². The minimum atomic E-state index is 0.181. The number of likely N-dealkylation sites (tertiary alicyclic amines) is 1. The van der Waals surface area contributed by atoms with Crippen molar-refractivity contribution in [3.8, 4) is 10.6 Å². The number of aryl methyl sites for hydroxylation is 1. The first-order chi connectivity index (χ1) is 9.63. The Hall–Kier alpha value is -1.20. The molecule has 3 nitrogen and oxygen atoms in total. The summed E-state index contributed by atoms with van der Waals surface area (Å²) in [7, 11) is 0. The number of carbonyl (C=O) groups is 1. The Labute approximate surface area is 127 Å². The van der Waals surface area contributed by atoms with Crippen LogP contribution in [0.5, 0.6) is 0 Å². The van der Waals surface area contributed by atoms with Crippen LogP contribution in [0.4, 0.5) is 0 Å². The number of aromatic nitrogens is 1. The van der Waals surface area contributed by atoms with Gasteiger partial charge in [0.2, 0.25) is 5.91 Å². The van der Waals surface area contributed by atoms with Gasteiger partial charge in [-0.2, -0.15) is 0 Å². The zero-order valence-electron chi connectivity index (χ0n) is 11.8. The quantitative estimate of drug-likeness (QED) is 0.843. The summed E-state index contributed by atoms with van der Waals surface area (Å²) in [6.07, 6.45) is 2.22. The van der Waals surface area contributed by atoms with E-state index in [0.717, 1.165) is 31.6 Å². The Bertz CT molecular complexity index is 617. The van der Waals surface area contributed by atoms with E-state index >= 15 is 0 Å². The molecule has 0 aromatic carbocycles. The molecule has 5 heteroatoms. The fraction of sp³-hybridized carbons (Fsp3) is 0.467. The molecule has 1 saturated heterocycles. The lowest BCUT2D eigenvalue weighted by atomic mass is 9.99. The number of hydrogen-bond donors (Lipinski definition) is 0. The summed E-state index contributed by atoms with van der Waals surface area (Å²) < 4.78 is 0. The number of nitrogens with zero attached hydrogens (tertiary/aromatic N) is 2. The average Bonchev–Trinajstić information content (AvgIpc) is 3.07. The SMILES string of the molecule is CC(=O)N1CCC[C@H](c2nc(-c3ccc(C)s3)cs2)C1. The minimum absolute atomic E-state index is 0.181. The molecule has 0 unspecified atom stereocenters. The summed E-state index contributed by atoms with van der Waals surface area (Å²) in [6, 6.07) is 4.28. The van der Waals surface area contributed by atoms with Gasteiger partial charge in [0.25, 0.3) is 0 Å². The van der Waals surface area contributed by atoms with E-state index in [1.807, 2.05) is 4.90 Å². The van der Waals surface area contributed by atoms with Crippen molar-refractivity contribution in [3.63, 3.8) is 0 Å². The molecule has 1 amide bonds. The van der Waals surface area contributed by atoms with E-state index in [4.69, 9.17) is 4.98 Å². The lowest BCUT2D eigenvalue weighted by molar-refractivity contribution is -0.130. The second kappa shape index (κ2) is 5.66. The first-order valence-corrected chi connectivity index (χ1v) is 8.61. The van der Waals surface area contributed by atoms with Crippen LogP contribution in [0.15, 0.2) is 17.5 Å². The predicted octanol–water partition coefficient (Wildman–Crippen LogP) is 3.91. The van der Waals surface area contributed by atoms with Crippen LogP contribution >= 0.6 is 22.7 Å². The van der Waals surface area contributed by atoms with Crippen molar-refractivity contribution in [2.75, 3.05) is 13.1 Å². The summed E-state index contributed by atoms with van der Waals surface area (Å²) in [5.74, 6) is 0.591. The molecule has 3 rings (SSSR count). The van der Waals surface area contributed by atoms with Crippen LogP contribution in [-0.4, -0.2) is 28.9 Å². The van der Waals surface area contributed by atoms with Crippen LogP contribution in [-0.2, 0) is 4.79 Å². The standard InChI is InChI=1S/C15H18N2OS2/c1-10-5-6-14(20-10)13-9-19-15(16-13)12-4-3-7-17(8-12)11(2)18/h5-6,9,12H,3-4,7-8H2,1-2H3/t12-/m0/s1. The summed E-state index contributed by atoms with van der Waals surface area (Å²) in [5.41, 5.74) is 1.09. The van der Waals surface area contributed by atoms with Gasteiger partial charge in [-0.1, -0.05) is 0 Å². The van der Waals surface area contributed by atoms with Crippen molar-refractivity contribution in [3.05, 3.63) is 27.4 Å². The largest absolute Gasteiger partial charge is 0.342 e. The minimum Gasteiger partial charge on any atom is -0.342 e. The number of piperidine rings is 1. The van der Waals surface area contributed by atoms with E-state index in [2.05, 4.69) is 24.4 Å². The summed E-state index contributed by atoms with van der Waals surface area (Å²) in [5, 5.41) is 3.32. The van der Waals surface area contributed by atoms with Crippen molar-refractivity contribution in [1.82, 2.24) is 9.88 Å². The van der Waals surface area contributed by atoms with Gasteiger partial charge in [0.1, 0.15) is 0 Å². The maximum atomic E-state index is 11.5. The topological polar surface area (TPSA) is 33.2 Å². The Balaban J connectivity index is 1.78. The molecular formula is C15H18N2OS2. The van der Waals surface area contributed by atoms with E-state index < -0.39 is 0 Å². The molecule has 0 saturated carbocycles. The Morgan fingerprint density at radius 1 is 1.45 bits per heavy atom. The first-order valence-electron chi connectivity index (χ1n) is 6.91. The van der Waals surface area contributed by atoms with Gasteiger partial charge in [0.15, 0.2) is 0 Å². The molecular weight excluding hydrogens is 288 g/mol. The predicted molar refractivity (Wildman–Crippen MR) is 84.4 cm³/mol. The molecule has 1 atom stereocenters. The third-order valence-corrected chi connectivity index (χ3v) is 5.76. The fourth-order valence-corrected chi connectivity index (χ4v) is 4.48. The molecule has 0 radical (unpaired) electrons. The van der Waals surface area contributed by atoms with Crippen molar-refractivity contribution in [1.29, 1.82) is 0 Å². The molecule has 2 aromatic rings. The fourth-order valence-electron chi connectivity index (χ4n) is 2.63. The molecule has 2 aromatic heterocycles. The molecule has 0 spiro atoms. The summed E-state index contributed by atoms with van der Waals surface area (Å²) in [4.78, 5) is 20.8. The van der Waals surface area contributed by atoms with E-state index in [1.54, 1.807) is 29.6 Å². The third-order valence-electron chi connectivity index (χ3n) is 3.73. The van der Waals surface area contributed by atoms with Gasteiger partial charge in [0, 0.05) is 36.2 Å². The van der Waals surface area contributed by atoms with Gasteiger partial charge in [0.05, 0.1) is 15.6 Å². The maximum Gasteiger partial charge on any atom is 0.219 e. The van der Waals surface area contributed by atoms with Crippen molar-refractivity contribution in [2.24, 2.45) is 0 Å². The van der Waals surface area contributed by atoms with E-state index in [0.29, 0.717) is 5.92 Å². The molecule has 20 heavy (non-hydrogen) atoms. The van der Waals surface area contributed by atoms with Crippen LogP contribution in [0.25, 0.3) is 10.6 Å². The van der Waals surface area contributed by atoms with Gasteiger partial charge < -0.3 is 4.90 Å². The monoisotopic (exact) mass is 306 g/mol. The smallest absolute Gasteiger partial charge is 0.219 e. The summed E-state index contributed by atoms with van der Waals surface area (Å²) >= 11 is 3.52. The van der Waals surface area contributed by atoms with Gasteiger partial charge >= 0.3 is 0 Å². The first kappa shape index (κ1) is 13.8. The number of carbonyl (C=O) groups excluding carboxylic acids is 1. The zero-order chi connectivity index (χ0) is 14.1. The highest BCUT2D eigenvalue weighted by atomic mass is 32.1. The molecule has 0 bridgehead atoms. The van der Waals surface area contributed by atoms with Crippen LogP contribution in [0.2, 0.25) is 0 Å². The van der Waals surface area contributed by atoms with Gasteiger partial charge in [-0.15, -0.1) is 22.7 Å². The number of thiazole rings is 1. The lowest BCUT2D eigenvalue weighted by Gasteiger charge is -2.30. The zero-order valence-corrected chi connectivity index (χ0v) is 13.4. The molecule has 1 fully saturated rings. The highest BCUT2D eigenvalue weighted by Crippen LogP contribution is 2.34. The van der Waals surface area contributed by atoms with Crippen LogP contribution < -0.4 is 0 Å². The van der Waals surface area contributed by atoms with E-state index in [1.165, 1.54) is 14.8 Å². The van der Waals surface area contributed by atoms with Gasteiger partial charge in [-0.05, 0) is 31.9 Å². The highest BCUT2D eigenvalue weighted by molar-refractivity contribution is 7.16. The highest BCUT2D eigenvalue weighted by Gasteiger charge is 2.25. The maximum absolute atomic E-state index is 11.5. The number of rotatable bonds is 2. The molecule has 3 heterocycles. The number of hydrogen-bond acceptors (Lipinski definition) is 4.